The van der Waals surface area contributed by atoms with Gasteiger partial charge in [0.05, 0.1) is 11.8 Å². The molecule has 2 N–H and O–H groups in total. The topological polar surface area (TPSA) is 66.0 Å². The molecular weight excluding hydrogens is 232 g/mol. The molecule has 1 rings (SSSR count). The van der Waals surface area contributed by atoms with E-state index >= 15 is 0 Å². The van der Waals surface area contributed by atoms with Crippen LogP contribution < -0.4 is 10.7 Å². The number of carbonyl (C=O) groups is 1. The maximum atomic E-state index is 11.9. The monoisotopic (exact) mass is 254 g/mol. The Kier molecular flexibility index (Phi) is 6.38. The van der Waals surface area contributed by atoms with Gasteiger partial charge < -0.3 is 10.2 Å². The largest absolute Gasteiger partial charge is 0.392 e. The molecule has 0 aromatic heterocycles. The standard InChI is InChI=1S/C12H22N4O2/c1-4-7-18-15-10-8-11(13-9-10)12(17)14-16(5-2)6-3/h4,11,13H,1,5-9H2,2-3H3,(H,14,17)/b15-10+/t11-/m0/s1. The number of hydrazine groups is 1. The third-order valence-corrected chi connectivity index (χ3v) is 2.73. The number of carbonyl (C=O) groups excluding carboxylic acids is 1. The summed E-state index contributed by atoms with van der Waals surface area (Å²) in [5.41, 5.74) is 3.72. The zero-order valence-electron chi connectivity index (χ0n) is 11.1. The van der Waals surface area contributed by atoms with Gasteiger partial charge >= 0.3 is 0 Å². The van der Waals surface area contributed by atoms with E-state index in [1.807, 2.05) is 18.9 Å². The molecule has 0 radical (unpaired) electrons. The lowest BCUT2D eigenvalue weighted by Crippen LogP contribution is -2.49. The molecule has 6 nitrogen and oxygen atoms in total. The van der Waals surface area contributed by atoms with E-state index < -0.39 is 0 Å². The maximum Gasteiger partial charge on any atom is 0.251 e. The van der Waals surface area contributed by atoms with Crippen LogP contribution in [0.5, 0.6) is 0 Å². The Balaban J connectivity index is 2.38. The number of nitrogens with one attached hydrogen (secondary N) is 2. The summed E-state index contributed by atoms with van der Waals surface area (Å²) in [5, 5.41) is 8.93. The van der Waals surface area contributed by atoms with E-state index in [-0.39, 0.29) is 11.9 Å². The Morgan fingerprint density at radius 1 is 1.67 bits per heavy atom. The van der Waals surface area contributed by atoms with Gasteiger partial charge in [-0.25, -0.2) is 5.01 Å². The quantitative estimate of drug-likeness (QED) is 0.389. The molecule has 102 valence electrons. The van der Waals surface area contributed by atoms with Crippen molar-refractivity contribution in [2.45, 2.75) is 26.3 Å². The lowest BCUT2D eigenvalue weighted by molar-refractivity contribution is -0.127. The maximum absolute atomic E-state index is 11.9. The summed E-state index contributed by atoms with van der Waals surface area (Å²) in [7, 11) is 0. The van der Waals surface area contributed by atoms with Crippen molar-refractivity contribution < 1.29 is 9.63 Å². The summed E-state index contributed by atoms with van der Waals surface area (Å²) in [6, 6.07) is -0.225. The van der Waals surface area contributed by atoms with Crippen LogP contribution in [0.15, 0.2) is 17.8 Å². The van der Waals surface area contributed by atoms with E-state index in [2.05, 4.69) is 22.5 Å². The second-order valence-electron chi connectivity index (χ2n) is 4.03. The third kappa shape index (κ3) is 4.46. The van der Waals surface area contributed by atoms with Crippen molar-refractivity contribution >= 4 is 11.6 Å². The lowest BCUT2D eigenvalue weighted by atomic mass is 10.2. The Morgan fingerprint density at radius 2 is 2.39 bits per heavy atom. The number of hydrogen-bond acceptors (Lipinski definition) is 5. The molecule has 1 saturated heterocycles. The summed E-state index contributed by atoms with van der Waals surface area (Å²) in [6.07, 6.45) is 2.22. The van der Waals surface area contributed by atoms with Crippen molar-refractivity contribution in [3.8, 4) is 0 Å². The van der Waals surface area contributed by atoms with Crippen LogP contribution in [0, 0.1) is 0 Å². The highest BCUT2D eigenvalue weighted by Crippen LogP contribution is 2.04. The average molecular weight is 254 g/mol. The summed E-state index contributed by atoms with van der Waals surface area (Å²) >= 11 is 0. The molecule has 0 aliphatic carbocycles. The van der Waals surface area contributed by atoms with Crippen molar-refractivity contribution in [1.82, 2.24) is 15.8 Å². The van der Waals surface area contributed by atoms with Gasteiger partial charge in [-0.05, 0) is 0 Å². The Morgan fingerprint density at radius 3 is 3.00 bits per heavy atom. The second-order valence-corrected chi connectivity index (χ2v) is 4.03. The molecule has 1 atom stereocenters. The van der Waals surface area contributed by atoms with Crippen LogP contribution in [-0.4, -0.2) is 48.9 Å². The molecule has 1 amide bonds. The fourth-order valence-electron chi connectivity index (χ4n) is 1.67. The molecule has 0 saturated carbocycles. The molecule has 6 heteroatoms. The molecule has 18 heavy (non-hydrogen) atoms. The number of rotatable bonds is 7. The van der Waals surface area contributed by atoms with E-state index in [1.165, 1.54) is 0 Å². The smallest absolute Gasteiger partial charge is 0.251 e. The molecule has 0 aromatic rings. The average Bonchev–Trinajstić information content (AvgIpc) is 2.85. The van der Waals surface area contributed by atoms with E-state index in [0.29, 0.717) is 19.6 Å². The highest BCUT2D eigenvalue weighted by atomic mass is 16.6. The molecular formula is C12H22N4O2. The highest BCUT2D eigenvalue weighted by molar-refractivity contribution is 5.96. The van der Waals surface area contributed by atoms with Crippen LogP contribution in [-0.2, 0) is 9.63 Å². The van der Waals surface area contributed by atoms with Gasteiger partial charge in [-0.15, -0.1) is 0 Å². The van der Waals surface area contributed by atoms with Crippen molar-refractivity contribution in [1.29, 1.82) is 0 Å². The van der Waals surface area contributed by atoms with Crippen molar-refractivity contribution in [2.24, 2.45) is 5.16 Å². The molecule has 0 unspecified atom stereocenters. The highest BCUT2D eigenvalue weighted by Gasteiger charge is 2.27. The Labute approximate surface area is 108 Å². The zero-order chi connectivity index (χ0) is 13.4. The first kappa shape index (κ1) is 14.7. The van der Waals surface area contributed by atoms with Crippen LogP contribution in [0.4, 0.5) is 0 Å². The van der Waals surface area contributed by atoms with Gasteiger partial charge in [0.1, 0.15) is 6.61 Å². The van der Waals surface area contributed by atoms with Crippen molar-refractivity contribution in [3.05, 3.63) is 12.7 Å². The fourth-order valence-corrected chi connectivity index (χ4v) is 1.67. The summed E-state index contributed by atoms with van der Waals surface area (Å²) in [6.45, 7) is 10.1. The molecule has 0 spiro atoms. The molecule has 1 fully saturated rings. The van der Waals surface area contributed by atoms with Gasteiger partial charge in [-0.3, -0.25) is 10.2 Å². The van der Waals surface area contributed by atoms with Crippen LogP contribution >= 0.6 is 0 Å². The van der Waals surface area contributed by atoms with Crippen molar-refractivity contribution in [2.75, 3.05) is 26.2 Å². The minimum atomic E-state index is -0.225. The molecule has 0 bridgehead atoms. The van der Waals surface area contributed by atoms with E-state index in [9.17, 15) is 4.79 Å². The van der Waals surface area contributed by atoms with Gasteiger partial charge in [0, 0.05) is 26.1 Å². The summed E-state index contributed by atoms with van der Waals surface area (Å²) in [5.74, 6) is -0.0207. The SMILES string of the molecule is C=CCO/N=C1/CN[C@H](C(=O)NN(CC)CC)C1. The van der Waals surface area contributed by atoms with Crippen molar-refractivity contribution in [3.63, 3.8) is 0 Å². The first-order valence-electron chi connectivity index (χ1n) is 6.28. The number of oxime groups is 1. The van der Waals surface area contributed by atoms with Gasteiger partial charge in [0.15, 0.2) is 0 Å². The zero-order valence-corrected chi connectivity index (χ0v) is 11.1. The number of hydrogen-bond donors (Lipinski definition) is 2. The molecule has 0 aromatic carbocycles. The van der Waals surface area contributed by atoms with Crippen LogP contribution in [0.1, 0.15) is 20.3 Å². The molecule has 1 heterocycles. The predicted octanol–water partition coefficient (Wildman–Crippen LogP) is 0.280. The number of amides is 1. The lowest BCUT2D eigenvalue weighted by Gasteiger charge is -2.21. The van der Waals surface area contributed by atoms with Gasteiger partial charge in [0.25, 0.3) is 5.91 Å². The minimum Gasteiger partial charge on any atom is -0.392 e. The molecule has 1 aliphatic rings. The van der Waals surface area contributed by atoms with Gasteiger partial charge in [-0.1, -0.05) is 31.7 Å². The van der Waals surface area contributed by atoms with E-state index in [0.717, 1.165) is 18.8 Å². The summed E-state index contributed by atoms with van der Waals surface area (Å²) < 4.78 is 0. The number of nitrogens with zero attached hydrogens (tertiary/aromatic N) is 2. The fraction of sp³-hybridized carbons (Fsp3) is 0.667. The van der Waals surface area contributed by atoms with Crippen LogP contribution in [0.3, 0.4) is 0 Å². The van der Waals surface area contributed by atoms with Crippen LogP contribution in [0.2, 0.25) is 0 Å². The van der Waals surface area contributed by atoms with E-state index in [1.54, 1.807) is 6.08 Å². The Bertz CT molecular complexity index is 313. The Hall–Kier alpha value is -1.40. The van der Waals surface area contributed by atoms with E-state index in [4.69, 9.17) is 4.84 Å². The first-order chi connectivity index (χ1) is 8.71. The first-order valence-corrected chi connectivity index (χ1v) is 6.28. The molecule has 1 aliphatic heterocycles. The summed E-state index contributed by atoms with van der Waals surface area (Å²) in [4.78, 5) is 16.9. The van der Waals surface area contributed by atoms with Crippen LogP contribution in [0.25, 0.3) is 0 Å². The van der Waals surface area contributed by atoms with Gasteiger partial charge in [0.2, 0.25) is 0 Å². The third-order valence-electron chi connectivity index (χ3n) is 2.73. The normalized spacial score (nSPS) is 21.3. The predicted molar refractivity (Wildman–Crippen MR) is 71.1 cm³/mol. The second kappa shape index (κ2) is 7.84. The van der Waals surface area contributed by atoms with Gasteiger partial charge in [-0.2, -0.15) is 0 Å². The minimum absolute atomic E-state index is 0.0207.